The molecule has 20 heavy (non-hydrogen) atoms. The molecular weight excluding hydrogens is 256 g/mol. The van der Waals surface area contributed by atoms with Crippen molar-refractivity contribution in [3.8, 4) is 5.75 Å². The first-order valence-corrected chi connectivity index (χ1v) is 7.01. The third-order valence-electron chi connectivity index (χ3n) is 3.44. The first kappa shape index (κ1) is 14.8. The lowest BCUT2D eigenvalue weighted by atomic mass is 10.0. The summed E-state index contributed by atoms with van der Waals surface area (Å²) in [6, 6.07) is 7.39. The number of benzene rings is 1. The Labute approximate surface area is 119 Å². The van der Waals surface area contributed by atoms with Crippen LogP contribution in [0.2, 0.25) is 0 Å². The van der Waals surface area contributed by atoms with Crippen LogP contribution in [0.15, 0.2) is 24.3 Å². The van der Waals surface area contributed by atoms with Crippen molar-refractivity contribution in [3.05, 3.63) is 24.3 Å². The van der Waals surface area contributed by atoms with Crippen molar-refractivity contribution in [2.45, 2.75) is 12.8 Å². The molecule has 1 fully saturated rings. The van der Waals surface area contributed by atoms with Gasteiger partial charge in [0.25, 0.3) is 0 Å². The highest BCUT2D eigenvalue weighted by atomic mass is 16.5. The topological polar surface area (TPSA) is 59.6 Å². The molecule has 110 valence electrons. The van der Waals surface area contributed by atoms with Crippen molar-refractivity contribution in [1.29, 1.82) is 0 Å². The fourth-order valence-electron chi connectivity index (χ4n) is 2.28. The zero-order valence-electron chi connectivity index (χ0n) is 11.9. The number of carbonyl (C=O) groups is 1. The maximum atomic E-state index is 11.9. The largest absolute Gasteiger partial charge is 0.495 e. The SMILES string of the molecule is COc1ccccc1NC(=O)CNCC1CCOCC1. The van der Waals surface area contributed by atoms with Crippen LogP contribution in [0.1, 0.15) is 12.8 Å². The van der Waals surface area contributed by atoms with E-state index in [2.05, 4.69) is 10.6 Å². The Kier molecular flexibility index (Phi) is 5.83. The fraction of sp³-hybridized carbons (Fsp3) is 0.533. The van der Waals surface area contributed by atoms with Gasteiger partial charge in [-0.05, 0) is 37.4 Å². The van der Waals surface area contributed by atoms with E-state index in [1.54, 1.807) is 7.11 Å². The Morgan fingerprint density at radius 3 is 2.85 bits per heavy atom. The maximum absolute atomic E-state index is 11.9. The highest BCUT2D eigenvalue weighted by Gasteiger charge is 2.14. The van der Waals surface area contributed by atoms with Gasteiger partial charge in [0, 0.05) is 13.2 Å². The van der Waals surface area contributed by atoms with E-state index in [1.165, 1.54) is 0 Å². The van der Waals surface area contributed by atoms with E-state index in [0.717, 1.165) is 32.6 Å². The van der Waals surface area contributed by atoms with E-state index < -0.39 is 0 Å². The zero-order chi connectivity index (χ0) is 14.2. The van der Waals surface area contributed by atoms with Crippen LogP contribution in [0.5, 0.6) is 5.75 Å². The zero-order valence-corrected chi connectivity index (χ0v) is 11.9. The van der Waals surface area contributed by atoms with E-state index in [1.807, 2.05) is 24.3 Å². The van der Waals surface area contributed by atoms with Crippen molar-refractivity contribution < 1.29 is 14.3 Å². The number of para-hydroxylation sites is 2. The Balaban J connectivity index is 1.72. The van der Waals surface area contributed by atoms with Crippen LogP contribution in [0.3, 0.4) is 0 Å². The molecule has 5 heteroatoms. The van der Waals surface area contributed by atoms with Crippen LogP contribution in [0.25, 0.3) is 0 Å². The van der Waals surface area contributed by atoms with Crippen molar-refractivity contribution in [3.63, 3.8) is 0 Å². The Morgan fingerprint density at radius 1 is 1.35 bits per heavy atom. The molecule has 1 heterocycles. The van der Waals surface area contributed by atoms with Gasteiger partial charge in [-0.3, -0.25) is 4.79 Å². The van der Waals surface area contributed by atoms with Crippen LogP contribution in [0, 0.1) is 5.92 Å². The normalized spacial score (nSPS) is 15.8. The van der Waals surface area contributed by atoms with Gasteiger partial charge in [-0.2, -0.15) is 0 Å². The summed E-state index contributed by atoms with van der Waals surface area (Å²) >= 11 is 0. The Hall–Kier alpha value is -1.59. The van der Waals surface area contributed by atoms with E-state index >= 15 is 0 Å². The quantitative estimate of drug-likeness (QED) is 0.830. The van der Waals surface area contributed by atoms with Gasteiger partial charge in [-0.15, -0.1) is 0 Å². The molecule has 0 bridgehead atoms. The highest BCUT2D eigenvalue weighted by molar-refractivity contribution is 5.93. The van der Waals surface area contributed by atoms with Gasteiger partial charge in [-0.1, -0.05) is 12.1 Å². The molecule has 0 atom stereocenters. The first-order valence-electron chi connectivity index (χ1n) is 7.01. The van der Waals surface area contributed by atoms with Crippen molar-refractivity contribution >= 4 is 11.6 Å². The van der Waals surface area contributed by atoms with Crippen LogP contribution in [-0.2, 0) is 9.53 Å². The maximum Gasteiger partial charge on any atom is 0.238 e. The van der Waals surface area contributed by atoms with Gasteiger partial charge >= 0.3 is 0 Å². The molecule has 2 N–H and O–H groups in total. The summed E-state index contributed by atoms with van der Waals surface area (Å²) in [4.78, 5) is 11.9. The summed E-state index contributed by atoms with van der Waals surface area (Å²) in [5, 5.41) is 6.05. The molecule has 0 saturated carbocycles. The summed E-state index contributed by atoms with van der Waals surface area (Å²) in [5.74, 6) is 1.23. The van der Waals surface area contributed by atoms with Gasteiger partial charge in [0.1, 0.15) is 5.75 Å². The molecule has 1 aromatic rings. The predicted molar refractivity (Wildman–Crippen MR) is 78.0 cm³/mol. The van der Waals surface area contributed by atoms with E-state index in [0.29, 0.717) is 23.9 Å². The highest BCUT2D eigenvalue weighted by Crippen LogP contribution is 2.22. The van der Waals surface area contributed by atoms with Crippen molar-refractivity contribution in [1.82, 2.24) is 5.32 Å². The van der Waals surface area contributed by atoms with Gasteiger partial charge in [0.2, 0.25) is 5.91 Å². The minimum atomic E-state index is -0.0541. The minimum absolute atomic E-state index is 0.0541. The molecule has 1 aliphatic heterocycles. The number of nitrogens with one attached hydrogen (secondary N) is 2. The lowest BCUT2D eigenvalue weighted by molar-refractivity contribution is -0.115. The monoisotopic (exact) mass is 278 g/mol. The lowest BCUT2D eigenvalue weighted by Crippen LogP contribution is -2.33. The molecule has 0 spiro atoms. The molecular formula is C15H22N2O3. The molecule has 1 aromatic carbocycles. The number of ether oxygens (including phenoxy) is 2. The number of amides is 1. The second-order valence-electron chi connectivity index (χ2n) is 4.94. The van der Waals surface area contributed by atoms with Crippen molar-refractivity contribution in [2.75, 3.05) is 38.7 Å². The van der Waals surface area contributed by atoms with Crippen LogP contribution < -0.4 is 15.4 Å². The molecule has 1 aliphatic rings. The van der Waals surface area contributed by atoms with E-state index in [9.17, 15) is 4.79 Å². The van der Waals surface area contributed by atoms with Crippen LogP contribution in [-0.4, -0.2) is 39.3 Å². The third-order valence-corrected chi connectivity index (χ3v) is 3.44. The average Bonchev–Trinajstić information content (AvgIpc) is 2.49. The minimum Gasteiger partial charge on any atom is -0.495 e. The second kappa shape index (κ2) is 7.87. The van der Waals surface area contributed by atoms with Crippen molar-refractivity contribution in [2.24, 2.45) is 5.92 Å². The number of methoxy groups -OCH3 is 1. The van der Waals surface area contributed by atoms with Crippen LogP contribution >= 0.6 is 0 Å². The van der Waals surface area contributed by atoms with Gasteiger partial charge < -0.3 is 20.1 Å². The van der Waals surface area contributed by atoms with E-state index in [4.69, 9.17) is 9.47 Å². The Morgan fingerprint density at radius 2 is 2.10 bits per heavy atom. The number of rotatable bonds is 6. The molecule has 0 aliphatic carbocycles. The summed E-state index contributed by atoms with van der Waals surface area (Å²) in [6.07, 6.45) is 2.14. The molecule has 1 amide bonds. The molecule has 0 aromatic heterocycles. The van der Waals surface area contributed by atoms with Gasteiger partial charge in [-0.25, -0.2) is 0 Å². The Bertz CT molecular complexity index is 431. The number of carbonyl (C=O) groups excluding carboxylic acids is 1. The molecule has 0 radical (unpaired) electrons. The molecule has 0 unspecified atom stereocenters. The third kappa shape index (κ3) is 4.51. The smallest absolute Gasteiger partial charge is 0.238 e. The number of hydrogen-bond acceptors (Lipinski definition) is 4. The number of anilines is 1. The molecule has 2 rings (SSSR count). The summed E-state index contributed by atoms with van der Waals surface area (Å²) in [6.45, 7) is 2.84. The van der Waals surface area contributed by atoms with Crippen LogP contribution in [0.4, 0.5) is 5.69 Å². The van der Waals surface area contributed by atoms with E-state index in [-0.39, 0.29) is 5.91 Å². The van der Waals surface area contributed by atoms with Gasteiger partial charge in [0.15, 0.2) is 0 Å². The lowest BCUT2D eigenvalue weighted by Gasteiger charge is -2.22. The molecule has 5 nitrogen and oxygen atoms in total. The standard InChI is InChI=1S/C15H22N2O3/c1-19-14-5-3-2-4-13(14)17-15(18)11-16-10-12-6-8-20-9-7-12/h2-5,12,16H,6-11H2,1H3,(H,17,18). The predicted octanol–water partition coefficient (Wildman–Crippen LogP) is 1.65. The number of hydrogen-bond donors (Lipinski definition) is 2. The summed E-state index contributed by atoms with van der Waals surface area (Å²) in [5.41, 5.74) is 0.702. The second-order valence-corrected chi connectivity index (χ2v) is 4.94. The molecule has 1 saturated heterocycles. The summed E-state index contributed by atoms with van der Waals surface area (Å²) < 4.78 is 10.5. The first-order chi connectivity index (χ1) is 9.79. The summed E-state index contributed by atoms with van der Waals surface area (Å²) in [7, 11) is 1.59. The average molecular weight is 278 g/mol. The van der Waals surface area contributed by atoms with Gasteiger partial charge in [0.05, 0.1) is 19.3 Å². The fourth-order valence-corrected chi connectivity index (χ4v) is 2.28.